The minimum Gasteiger partial charge on any atom is -0.303 e. The number of nitrogens with zero attached hydrogens (tertiary/aromatic N) is 4. The summed E-state index contributed by atoms with van der Waals surface area (Å²) in [5, 5.41) is 0. The molecule has 1 aliphatic rings. The molecule has 0 saturated carbocycles. The Hall–Kier alpha value is -2.63. The van der Waals surface area contributed by atoms with E-state index in [4.69, 9.17) is 0 Å². The number of aryl methyl sites for hydroxylation is 1. The minimum atomic E-state index is -0.162. The van der Waals surface area contributed by atoms with Crippen LogP contribution in [0.15, 0.2) is 60.9 Å². The van der Waals surface area contributed by atoms with Gasteiger partial charge in [0.2, 0.25) is 0 Å². The van der Waals surface area contributed by atoms with Crippen molar-refractivity contribution < 1.29 is 4.39 Å². The van der Waals surface area contributed by atoms with E-state index in [9.17, 15) is 4.39 Å². The van der Waals surface area contributed by atoms with Crippen molar-refractivity contribution in [3.63, 3.8) is 0 Å². The summed E-state index contributed by atoms with van der Waals surface area (Å²) < 4.78 is 13.1. The Morgan fingerprint density at radius 2 is 1.78 bits per heavy atom. The number of halogens is 1. The largest absolute Gasteiger partial charge is 0.303 e. The van der Waals surface area contributed by atoms with Crippen LogP contribution in [-0.2, 0) is 13.0 Å². The second kappa shape index (κ2) is 10.8. The van der Waals surface area contributed by atoms with Crippen LogP contribution in [0.4, 0.5) is 4.39 Å². The number of piperidine rings is 1. The van der Waals surface area contributed by atoms with Crippen LogP contribution in [0.5, 0.6) is 0 Å². The highest BCUT2D eigenvalue weighted by molar-refractivity contribution is 5.59. The average molecular weight is 433 g/mol. The highest BCUT2D eigenvalue weighted by Crippen LogP contribution is 2.20. The lowest BCUT2D eigenvalue weighted by Crippen LogP contribution is -2.40. The highest BCUT2D eigenvalue weighted by atomic mass is 19.1. The lowest BCUT2D eigenvalue weighted by molar-refractivity contribution is 0.142. The number of likely N-dealkylation sites (tertiary alicyclic amines) is 1. The van der Waals surface area contributed by atoms with Crippen LogP contribution in [0.25, 0.3) is 11.4 Å². The minimum absolute atomic E-state index is 0.162. The lowest BCUT2D eigenvalue weighted by atomic mass is 9.97. The fourth-order valence-corrected chi connectivity index (χ4v) is 4.66. The number of hydrogen-bond donors (Lipinski definition) is 0. The van der Waals surface area contributed by atoms with E-state index in [0.717, 1.165) is 56.1 Å². The van der Waals surface area contributed by atoms with E-state index in [1.54, 1.807) is 12.1 Å². The van der Waals surface area contributed by atoms with Gasteiger partial charge < -0.3 is 9.80 Å². The molecule has 0 radical (unpaired) electrons. The normalized spacial score (nSPS) is 17.1. The predicted octanol–water partition coefficient (Wildman–Crippen LogP) is 4.98. The van der Waals surface area contributed by atoms with Crippen molar-refractivity contribution >= 4 is 0 Å². The highest BCUT2D eigenvalue weighted by Gasteiger charge is 2.21. The van der Waals surface area contributed by atoms with Gasteiger partial charge >= 0.3 is 0 Å². The summed E-state index contributed by atoms with van der Waals surface area (Å²) in [6.45, 7) is 7.37. The maximum absolute atomic E-state index is 13.1. The lowest BCUT2D eigenvalue weighted by Gasteiger charge is -2.34. The molecule has 0 bridgehead atoms. The first kappa shape index (κ1) is 22.6. The van der Waals surface area contributed by atoms with Crippen molar-refractivity contribution in [3.8, 4) is 11.4 Å². The van der Waals surface area contributed by atoms with Crippen LogP contribution in [0.3, 0.4) is 0 Å². The van der Waals surface area contributed by atoms with Crippen molar-refractivity contribution in [1.29, 1.82) is 0 Å². The smallest absolute Gasteiger partial charge is 0.159 e. The molecular weight excluding hydrogens is 399 g/mol. The topological polar surface area (TPSA) is 32.3 Å². The van der Waals surface area contributed by atoms with E-state index in [1.165, 1.54) is 24.0 Å². The van der Waals surface area contributed by atoms with E-state index in [0.29, 0.717) is 5.92 Å². The second-order valence-corrected chi connectivity index (χ2v) is 9.11. The van der Waals surface area contributed by atoms with Gasteiger partial charge in [-0.05, 0) is 69.0 Å². The third kappa shape index (κ3) is 6.21. The van der Waals surface area contributed by atoms with Gasteiger partial charge in [0.15, 0.2) is 5.82 Å². The molecule has 0 spiro atoms. The Morgan fingerprint density at radius 3 is 2.53 bits per heavy atom. The molecule has 32 heavy (non-hydrogen) atoms. The van der Waals surface area contributed by atoms with Gasteiger partial charge in [-0.3, -0.25) is 0 Å². The molecule has 5 heteroatoms. The molecule has 1 fully saturated rings. The molecule has 3 aromatic rings. The van der Waals surface area contributed by atoms with E-state index < -0.39 is 0 Å². The van der Waals surface area contributed by atoms with Crippen molar-refractivity contribution in [2.45, 2.75) is 32.7 Å². The zero-order chi connectivity index (χ0) is 22.3. The van der Waals surface area contributed by atoms with Gasteiger partial charge in [-0.25, -0.2) is 14.4 Å². The summed E-state index contributed by atoms with van der Waals surface area (Å²) in [5.41, 5.74) is 4.64. The van der Waals surface area contributed by atoms with Crippen molar-refractivity contribution in [2.24, 2.45) is 5.92 Å². The van der Waals surface area contributed by atoms with Crippen molar-refractivity contribution in [1.82, 2.24) is 19.8 Å². The summed E-state index contributed by atoms with van der Waals surface area (Å²) in [7, 11) is 2.19. The zero-order valence-corrected chi connectivity index (χ0v) is 19.2. The van der Waals surface area contributed by atoms with Crippen LogP contribution < -0.4 is 0 Å². The SMILES string of the molecule is Cc1ccccc1-c1ncc(CN(C)C[C@H]2CCCN(CCc3ccc(F)cc3)C2)cn1. The standard InChI is InChI=1S/C27H33FN4/c1-21-6-3-4-8-26(21)27-29-16-24(17-30-27)19-31(2)18-23-7-5-14-32(20-23)15-13-22-9-11-25(28)12-10-22/h3-4,6,8-12,16-17,23H,5,7,13-15,18-20H2,1-2H3/t23-/m1/s1. The fourth-order valence-electron chi connectivity index (χ4n) is 4.66. The maximum atomic E-state index is 13.1. The maximum Gasteiger partial charge on any atom is 0.159 e. The average Bonchev–Trinajstić information content (AvgIpc) is 2.80. The number of rotatable bonds is 8. The van der Waals surface area contributed by atoms with E-state index in [-0.39, 0.29) is 5.82 Å². The van der Waals surface area contributed by atoms with Gasteiger partial charge in [-0.2, -0.15) is 0 Å². The monoisotopic (exact) mass is 432 g/mol. The first-order valence-corrected chi connectivity index (χ1v) is 11.6. The van der Waals surface area contributed by atoms with Crippen LogP contribution in [0, 0.1) is 18.7 Å². The Labute approximate surface area is 191 Å². The van der Waals surface area contributed by atoms with Gasteiger partial charge in [0.05, 0.1) is 0 Å². The van der Waals surface area contributed by atoms with Crippen molar-refractivity contribution in [3.05, 3.63) is 83.4 Å². The molecule has 0 aliphatic carbocycles. The van der Waals surface area contributed by atoms with Gasteiger partial charge in [0.1, 0.15) is 5.82 Å². The summed E-state index contributed by atoms with van der Waals surface area (Å²) >= 11 is 0. The number of aromatic nitrogens is 2. The molecule has 4 nitrogen and oxygen atoms in total. The molecule has 0 amide bonds. The number of benzene rings is 2. The molecule has 0 unspecified atom stereocenters. The quantitative estimate of drug-likeness (QED) is 0.503. The molecule has 1 aromatic heterocycles. The second-order valence-electron chi connectivity index (χ2n) is 9.11. The third-order valence-corrected chi connectivity index (χ3v) is 6.35. The molecular formula is C27H33FN4. The Kier molecular flexibility index (Phi) is 7.61. The molecule has 1 atom stereocenters. The summed E-state index contributed by atoms with van der Waals surface area (Å²) in [4.78, 5) is 14.2. The number of hydrogen-bond acceptors (Lipinski definition) is 4. The van der Waals surface area contributed by atoms with E-state index in [2.05, 4.69) is 45.9 Å². The predicted molar refractivity (Wildman–Crippen MR) is 128 cm³/mol. The third-order valence-electron chi connectivity index (χ3n) is 6.35. The van der Waals surface area contributed by atoms with Crippen molar-refractivity contribution in [2.75, 3.05) is 33.2 Å². The molecule has 1 aliphatic heterocycles. The van der Waals surface area contributed by atoms with Gasteiger partial charge in [0.25, 0.3) is 0 Å². The summed E-state index contributed by atoms with van der Waals surface area (Å²) in [6.07, 6.45) is 7.42. The van der Waals surface area contributed by atoms with Gasteiger partial charge in [-0.15, -0.1) is 0 Å². The van der Waals surface area contributed by atoms with E-state index >= 15 is 0 Å². The Balaban J connectivity index is 1.25. The van der Waals surface area contributed by atoms with Gasteiger partial charge in [0, 0.05) is 49.7 Å². The van der Waals surface area contributed by atoms with Crippen LogP contribution >= 0.6 is 0 Å². The van der Waals surface area contributed by atoms with Gasteiger partial charge in [-0.1, -0.05) is 36.4 Å². The molecule has 168 valence electrons. The molecule has 2 heterocycles. The Bertz CT molecular complexity index is 987. The van der Waals surface area contributed by atoms with Crippen LogP contribution in [0.2, 0.25) is 0 Å². The Morgan fingerprint density at radius 1 is 1.03 bits per heavy atom. The molecule has 1 saturated heterocycles. The molecule has 0 N–H and O–H groups in total. The molecule has 4 rings (SSSR count). The first-order chi connectivity index (χ1) is 15.6. The molecule has 2 aromatic carbocycles. The first-order valence-electron chi connectivity index (χ1n) is 11.6. The summed E-state index contributed by atoms with van der Waals surface area (Å²) in [5.74, 6) is 1.30. The summed E-state index contributed by atoms with van der Waals surface area (Å²) in [6, 6.07) is 15.1. The zero-order valence-electron chi connectivity index (χ0n) is 19.2. The van der Waals surface area contributed by atoms with Crippen LogP contribution in [0.1, 0.15) is 29.5 Å². The fraction of sp³-hybridized carbons (Fsp3) is 0.407. The van der Waals surface area contributed by atoms with E-state index in [1.807, 2.05) is 36.7 Å². The van der Waals surface area contributed by atoms with Crippen LogP contribution in [-0.4, -0.2) is 53.0 Å².